The molecule has 0 aliphatic carbocycles. The molecule has 2 aromatic heterocycles. The Hall–Kier alpha value is -1.95. The van der Waals surface area contributed by atoms with E-state index in [0.717, 1.165) is 11.4 Å². The SMILES string of the molecule is Cn1nccc1-c1ccnc(NCCN)n1. The number of nitrogens with two attached hydrogens (primary N) is 1. The number of anilines is 1. The predicted octanol–water partition coefficient (Wildman–Crippen LogP) is 0.248. The second-order valence-electron chi connectivity index (χ2n) is 3.32. The molecular weight excluding hydrogens is 204 g/mol. The fourth-order valence-electron chi connectivity index (χ4n) is 1.40. The second-order valence-corrected chi connectivity index (χ2v) is 3.32. The first kappa shape index (κ1) is 10.6. The summed E-state index contributed by atoms with van der Waals surface area (Å²) in [7, 11) is 1.88. The maximum atomic E-state index is 5.40. The summed E-state index contributed by atoms with van der Waals surface area (Å²) in [5.74, 6) is 0.587. The van der Waals surface area contributed by atoms with Gasteiger partial charge in [-0.1, -0.05) is 0 Å². The third-order valence-electron chi connectivity index (χ3n) is 2.17. The van der Waals surface area contributed by atoms with Crippen LogP contribution < -0.4 is 11.1 Å². The molecule has 84 valence electrons. The quantitative estimate of drug-likeness (QED) is 0.768. The molecule has 16 heavy (non-hydrogen) atoms. The average Bonchev–Trinajstić information content (AvgIpc) is 2.73. The Labute approximate surface area is 93.5 Å². The lowest BCUT2D eigenvalue weighted by molar-refractivity contribution is 0.773. The van der Waals surface area contributed by atoms with Gasteiger partial charge in [0.2, 0.25) is 5.95 Å². The normalized spacial score (nSPS) is 10.4. The van der Waals surface area contributed by atoms with Crippen LogP contribution in [0.4, 0.5) is 5.95 Å². The van der Waals surface area contributed by atoms with E-state index in [1.165, 1.54) is 0 Å². The number of hydrogen-bond acceptors (Lipinski definition) is 5. The van der Waals surface area contributed by atoms with Crippen LogP contribution in [0.25, 0.3) is 11.4 Å². The number of aromatic nitrogens is 4. The molecule has 0 radical (unpaired) electrons. The summed E-state index contributed by atoms with van der Waals surface area (Å²) < 4.78 is 1.77. The number of nitrogens with zero attached hydrogens (tertiary/aromatic N) is 4. The van der Waals surface area contributed by atoms with Crippen LogP contribution in [-0.2, 0) is 7.05 Å². The maximum Gasteiger partial charge on any atom is 0.223 e. The van der Waals surface area contributed by atoms with Gasteiger partial charge in [-0.15, -0.1) is 0 Å². The molecule has 0 saturated carbocycles. The molecule has 0 aromatic carbocycles. The average molecular weight is 218 g/mol. The molecule has 0 aliphatic heterocycles. The highest BCUT2D eigenvalue weighted by Gasteiger charge is 2.05. The van der Waals surface area contributed by atoms with E-state index in [1.807, 2.05) is 19.2 Å². The summed E-state index contributed by atoms with van der Waals surface area (Å²) in [5, 5.41) is 7.14. The third-order valence-corrected chi connectivity index (χ3v) is 2.17. The minimum absolute atomic E-state index is 0.555. The maximum absolute atomic E-state index is 5.40. The van der Waals surface area contributed by atoms with Crippen molar-refractivity contribution in [2.75, 3.05) is 18.4 Å². The molecule has 0 unspecified atom stereocenters. The molecular formula is C10H14N6. The van der Waals surface area contributed by atoms with Crippen LogP contribution in [0.3, 0.4) is 0 Å². The van der Waals surface area contributed by atoms with Crippen molar-refractivity contribution in [3.8, 4) is 11.4 Å². The van der Waals surface area contributed by atoms with Crippen molar-refractivity contribution in [2.45, 2.75) is 0 Å². The van der Waals surface area contributed by atoms with Gasteiger partial charge in [-0.3, -0.25) is 4.68 Å². The first-order chi connectivity index (χ1) is 7.81. The Kier molecular flexibility index (Phi) is 3.11. The van der Waals surface area contributed by atoms with E-state index in [9.17, 15) is 0 Å². The van der Waals surface area contributed by atoms with E-state index in [1.54, 1.807) is 17.1 Å². The Morgan fingerprint density at radius 1 is 1.38 bits per heavy atom. The van der Waals surface area contributed by atoms with Gasteiger partial charge in [-0.25, -0.2) is 9.97 Å². The topological polar surface area (TPSA) is 81.7 Å². The van der Waals surface area contributed by atoms with Crippen molar-refractivity contribution in [3.63, 3.8) is 0 Å². The van der Waals surface area contributed by atoms with Gasteiger partial charge >= 0.3 is 0 Å². The van der Waals surface area contributed by atoms with Crippen LogP contribution in [0.15, 0.2) is 24.5 Å². The molecule has 2 rings (SSSR count). The molecule has 3 N–H and O–H groups in total. The zero-order valence-electron chi connectivity index (χ0n) is 9.09. The Bertz CT molecular complexity index is 464. The lowest BCUT2D eigenvalue weighted by Gasteiger charge is -2.05. The van der Waals surface area contributed by atoms with E-state index in [0.29, 0.717) is 19.0 Å². The summed E-state index contributed by atoms with van der Waals surface area (Å²) in [5.41, 5.74) is 7.20. The highest BCUT2D eigenvalue weighted by atomic mass is 15.3. The van der Waals surface area contributed by atoms with E-state index in [-0.39, 0.29) is 0 Å². The van der Waals surface area contributed by atoms with Crippen molar-refractivity contribution in [2.24, 2.45) is 12.8 Å². The van der Waals surface area contributed by atoms with E-state index in [4.69, 9.17) is 5.73 Å². The van der Waals surface area contributed by atoms with Gasteiger partial charge in [-0.2, -0.15) is 5.10 Å². The highest BCUT2D eigenvalue weighted by molar-refractivity contribution is 5.55. The molecule has 0 aliphatic rings. The van der Waals surface area contributed by atoms with Crippen LogP contribution in [-0.4, -0.2) is 32.8 Å². The third kappa shape index (κ3) is 2.17. The van der Waals surface area contributed by atoms with Gasteiger partial charge in [0, 0.05) is 32.5 Å². The van der Waals surface area contributed by atoms with Crippen molar-refractivity contribution in [3.05, 3.63) is 24.5 Å². The monoisotopic (exact) mass is 218 g/mol. The minimum Gasteiger partial charge on any atom is -0.353 e. The molecule has 0 atom stereocenters. The van der Waals surface area contributed by atoms with Crippen LogP contribution >= 0.6 is 0 Å². The highest BCUT2D eigenvalue weighted by Crippen LogP contribution is 2.15. The van der Waals surface area contributed by atoms with Crippen molar-refractivity contribution < 1.29 is 0 Å². The molecule has 0 spiro atoms. The predicted molar refractivity (Wildman–Crippen MR) is 61.8 cm³/mol. The first-order valence-electron chi connectivity index (χ1n) is 5.06. The van der Waals surface area contributed by atoms with Crippen molar-refractivity contribution >= 4 is 5.95 Å². The molecule has 0 saturated heterocycles. The van der Waals surface area contributed by atoms with Gasteiger partial charge in [0.1, 0.15) is 0 Å². The number of nitrogens with one attached hydrogen (secondary N) is 1. The molecule has 2 aromatic rings. The van der Waals surface area contributed by atoms with Crippen molar-refractivity contribution in [1.29, 1.82) is 0 Å². The van der Waals surface area contributed by atoms with E-state index >= 15 is 0 Å². The summed E-state index contributed by atoms with van der Waals surface area (Å²) >= 11 is 0. The fraction of sp³-hybridized carbons (Fsp3) is 0.300. The standard InChI is InChI=1S/C10H14N6/c1-16-9(3-6-14-16)8-2-5-12-10(15-8)13-7-4-11/h2-3,5-6H,4,7,11H2,1H3,(H,12,13,15). The first-order valence-corrected chi connectivity index (χ1v) is 5.06. The Balaban J connectivity index is 2.26. The zero-order chi connectivity index (χ0) is 11.4. The molecule has 2 heterocycles. The fourth-order valence-corrected chi connectivity index (χ4v) is 1.40. The summed E-state index contributed by atoms with van der Waals surface area (Å²) in [6, 6.07) is 3.76. The number of rotatable bonds is 4. The number of aryl methyl sites for hydroxylation is 1. The molecule has 0 bridgehead atoms. The summed E-state index contributed by atoms with van der Waals surface area (Å²) in [6.45, 7) is 1.22. The van der Waals surface area contributed by atoms with Gasteiger partial charge in [-0.05, 0) is 12.1 Å². The minimum atomic E-state index is 0.555. The summed E-state index contributed by atoms with van der Waals surface area (Å²) in [4.78, 5) is 8.48. The van der Waals surface area contributed by atoms with Gasteiger partial charge < -0.3 is 11.1 Å². The van der Waals surface area contributed by atoms with Crippen LogP contribution in [0.2, 0.25) is 0 Å². The van der Waals surface area contributed by atoms with Crippen LogP contribution in [0.1, 0.15) is 0 Å². The van der Waals surface area contributed by atoms with E-state index in [2.05, 4.69) is 20.4 Å². The van der Waals surface area contributed by atoms with Gasteiger partial charge in [0.15, 0.2) is 0 Å². The smallest absolute Gasteiger partial charge is 0.223 e. The van der Waals surface area contributed by atoms with Crippen molar-refractivity contribution in [1.82, 2.24) is 19.7 Å². The van der Waals surface area contributed by atoms with E-state index < -0.39 is 0 Å². The largest absolute Gasteiger partial charge is 0.353 e. The molecule has 0 fully saturated rings. The Morgan fingerprint density at radius 2 is 2.25 bits per heavy atom. The zero-order valence-corrected chi connectivity index (χ0v) is 9.09. The lowest BCUT2D eigenvalue weighted by Crippen LogP contribution is -2.14. The summed E-state index contributed by atoms with van der Waals surface area (Å²) in [6.07, 6.45) is 3.46. The van der Waals surface area contributed by atoms with Gasteiger partial charge in [0.25, 0.3) is 0 Å². The molecule has 6 nitrogen and oxygen atoms in total. The molecule has 0 amide bonds. The van der Waals surface area contributed by atoms with Crippen LogP contribution in [0, 0.1) is 0 Å². The van der Waals surface area contributed by atoms with Crippen LogP contribution in [0.5, 0.6) is 0 Å². The lowest BCUT2D eigenvalue weighted by atomic mass is 10.3. The second kappa shape index (κ2) is 4.71. The number of hydrogen-bond donors (Lipinski definition) is 2. The van der Waals surface area contributed by atoms with Gasteiger partial charge in [0.05, 0.1) is 11.4 Å². The molecule has 6 heteroatoms. The Morgan fingerprint density at radius 3 is 2.94 bits per heavy atom.